The zero-order valence-electron chi connectivity index (χ0n) is 12.3. The Bertz CT molecular complexity index is 629. The lowest BCUT2D eigenvalue weighted by molar-refractivity contribution is -0.137. The zero-order chi connectivity index (χ0) is 16.9. The van der Waals surface area contributed by atoms with E-state index in [4.69, 9.17) is 0 Å². The first-order valence-corrected chi connectivity index (χ1v) is 7.17. The Labute approximate surface area is 132 Å². The van der Waals surface area contributed by atoms with Crippen molar-refractivity contribution in [3.05, 3.63) is 65.2 Å². The Balaban J connectivity index is 2.05. The third-order valence-corrected chi connectivity index (χ3v) is 3.45. The molecule has 0 radical (unpaired) electrons. The predicted molar refractivity (Wildman–Crippen MR) is 81.0 cm³/mol. The van der Waals surface area contributed by atoms with Crippen molar-refractivity contribution >= 4 is 0 Å². The summed E-state index contributed by atoms with van der Waals surface area (Å²) < 4.78 is 38.3. The average molecular weight is 325 g/mol. The van der Waals surface area contributed by atoms with Gasteiger partial charge in [-0.1, -0.05) is 30.3 Å². The molecule has 23 heavy (non-hydrogen) atoms. The maximum absolute atomic E-state index is 12.8. The SMILES string of the molecule is OCC(Cc1cc(O)cc(C(F)(F)F)c1)NCc1ccccc1. The van der Waals surface area contributed by atoms with Crippen molar-refractivity contribution < 1.29 is 23.4 Å². The Kier molecular flexibility index (Phi) is 5.63. The molecule has 0 fully saturated rings. The van der Waals surface area contributed by atoms with Crippen molar-refractivity contribution in [2.75, 3.05) is 6.61 Å². The molecule has 1 unspecified atom stereocenters. The largest absolute Gasteiger partial charge is 0.508 e. The topological polar surface area (TPSA) is 52.5 Å². The van der Waals surface area contributed by atoms with E-state index in [9.17, 15) is 23.4 Å². The highest BCUT2D eigenvalue weighted by molar-refractivity contribution is 5.35. The van der Waals surface area contributed by atoms with Crippen LogP contribution in [-0.4, -0.2) is 22.9 Å². The third kappa shape index (κ3) is 5.26. The fraction of sp³-hybridized carbons (Fsp3) is 0.294. The molecule has 0 heterocycles. The van der Waals surface area contributed by atoms with Crippen LogP contribution in [0.5, 0.6) is 5.75 Å². The Hall–Kier alpha value is -2.05. The summed E-state index contributed by atoms with van der Waals surface area (Å²) in [6.07, 6.45) is -4.33. The second kappa shape index (κ2) is 7.48. The van der Waals surface area contributed by atoms with Crippen molar-refractivity contribution in [3.63, 3.8) is 0 Å². The molecule has 2 aromatic rings. The van der Waals surface area contributed by atoms with E-state index in [0.717, 1.165) is 11.6 Å². The Morgan fingerprint density at radius 3 is 2.30 bits per heavy atom. The number of alkyl halides is 3. The summed E-state index contributed by atoms with van der Waals surface area (Å²) >= 11 is 0. The molecule has 2 aromatic carbocycles. The van der Waals surface area contributed by atoms with E-state index in [-0.39, 0.29) is 13.0 Å². The van der Waals surface area contributed by atoms with Crippen molar-refractivity contribution in [1.29, 1.82) is 0 Å². The van der Waals surface area contributed by atoms with Gasteiger partial charge in [-0.2, -0.15) is 13.2 Å². The van der Waals surface area contributed by atoms with E-state index >= 15 is 0 Å². The van der Waals surface area contributed by atoms with Gasteiger partial charge in [0.1, 0.15) is 5.75 Å². The van der Waals surface area contributed by atoms with Gasteiger partial charge in [-0.15, -0.1) is 0 Å². The first-order chi connectivity index (χ1) is 10.9. The van der Waals surface area contributed by atoms with E-state index in [1.807, 2.05) is 30.3 Å². The smallest absolute Gasteiger partial charge is 0.416 e. The van der Waals surface area contributed by atoms with Gasteiger partial charge in [-0.05, 0) is 35.7 Å². The molecule has 0 aliphatic heterocycles. The summed E-state index contributed by atoms with van der Waals surface area (Å²) in [6.45, 7) is 0.279. The molecule has 3 nitrogen and oxygen atoms in total. The van der Waals surface area contributed by atoms with Crippen LogP contribution in [0.1, 0.15) is 16.7 Å². The van der Waals surface area contributed by atoms with Crippen molar-refractivity contribution in [2.45, 2.75) is 25.2 Å². The number of hydrogen-bond acceptors (Lipinski definition) is 3. The number of nitrogens with one attached hydrogen (secondary N) is 1. The van der Waals surface area contributed by atoms with Gasteiger partial charge in [0, 0.05) is 12.6 Å². The average Bonchev–Trinajstić information content (AvgIpc) is 2.51. The van der Waals surface area contributed by atoms with Gasteiger partial charge in [0.05, 0.1) is 12.2 Å². The van der Waals surface area contributed by atoms with Crippen LogP contribution in [0.3, 0.4) is 0 Å². The number of halogens is 3. The summed E-state index contributed by atoms with van der Waals surface area (Å²) in [5.41, 5.74) is 0.432. The van der Waals surface area contributed by atoms with Gasteiger partial charge in [0.15, 0.2) is 0 Å². The molecule has 6 heteroatoms. The second-order valence-corrected chi connectivity index (χ2v) is 5.34. The lowest BCUT2D eigenvalue weighted by atomic mass is 10.0. The third-order valence-electron chi connectivity index (χ3n) is 3.45. The summed E-state index contributed by atoms with van der Waals surface area (Å²) in [5.74, 6) is -0.436. The van der Waals surface area contributed by atoms with Gasteiger partial charge < -0.3 is 15.5 Å². The first kappa shape index (κ1) is 17.3. The molecule has 0 aromatic heterocycles. The Morgan fingerprint density at radius 2 is 1.70 bits per heavy atom. The highest BCUT2D eigenvalue weighted by atomic mass is 19.4. The van der Waals surface area contributed by atoms with Gasteiger partial charge in [-0.3, -0.25) is 0 Å². The van der Waals surface area contributed by atoms with Crippen LogP contribution in [0.2, 0.25) is 0 Å². The van der Waals surface area contributed by atoms with Crippen LogP contribution < -0.4 is 5.32 Å². The molecule has 0 spiro atoms. The number of aliphatic hydroxyl groups is 1. The van der Waals surface area contributed by atoms with E-state index in [1.54, 1.807) is 0 Å². The predicted octanol–water partition coefficient (Wildman–Crippen LogP) is 3.10. The lowest BCUT2D eigenvalue weighted by Crippen LogP contribution is -2.34. The maximum Gasteiger partial charge on any atom is 0.416 e. The number of hydrogen-bond donors (Lipinski definition) is 3. The monoisotopic (exact) mass is 325 g/mol. The van der Waals surface area contributed by atoms with Gasteiger partial charge in [0.2, 0.25) is 0 Å². The number of rotatable bonds is 6. The summed E-state index contributed by atoms with van der Waals surface area (Å²) in [5, 5.41) is 22.0. The second-order valence-electron chi connectivity index (χ2n) is 5.34. The van der Waals surface area contributed by atoms with Crippen LogP contribution in [0.25, 0.3) is 0 Å². The Morgan fingerprint density at radius 1 is 1.00 bits per heavy atom. The number of phenolic OH excluding ortho intramolecular Hbond substituents is 1. The summed E-state index contributed by atoms with van der Waals surface area (Å²) in [4.78, 5) is 0. The number of benzene rings is 2. The van der Waals surface area contributed by atoms with Crippen molar-refractivity contribution in [2.24, 2.45) is 0 Å². The molecule has 0 saturated carbocycles. The molecule has 3 N–H and O–H groups in total. The molecule has 0 amide bonds. The van der Waals surface area contributed by atoms with E-state index < -0.39 is 23.5 Å². The molecule has 1 atom stereocenters. The molecule has 0 bridgehead atoms. The van der Waals surface area contributed by atoms with Crippen LogP contribution in [-0.2, 0) is 19.1 Å². The molecule has 124 valence electrons. The van der Waals surface area contributed by atoms with E-state index in [1.165, 1.54) is 6.07 Å². The van der Waals surface area contributed by atoms with Crippen molar-refractivity contribution in [3.8, 4) is 5.75 Å². The molecule has 2 rings (SSSR count). The minimum Gasteiger partial charge on any atom is -0.508 e. The fourth-order valence-corrected chi connectivity index (χ4v) is 2.30. The zero-order valence-corrected chi connectivity index (χ0v) is 12.3. The minimum absolute atomic E-state index is 0.181. The van der Waals surface area contributed by atoms with E-state index in [2.05, 4.69) is 5.32 Å². The van der Waals surface area contributed by atoms with Gasteiger partial charge >= 0.3 is 6.18 Å². The molecular formula is C17H18F3NO2. The summed E-state index contributed by atoms with van der Waals surface area (Å²) in [6, 6.07) is 12.0. The first-order valence-electron chi connectivity index (χ1n) is 7.17. The van der Waals surface area contributed by atoms with Crippen molar-refractivity contribution in [1.82, 2.24) is 5.32 Å². The highest BCUT2D eigenvalue weighted by Crippen LogP contribution is 2.32. The molecule has 0 aliphatic rings. The lowest BCUT2D eigenvalue weighted by Gasteiger charge is -2.17. The van der Waals surface area contributed by atoms with Crippen LogP contribution in [0, 0.1) is 0 Å². The van der Waals surface area contributed by atoms with Crippen LogP contribution >= 0.6 is 0 Å². The molecule has 0 saturated heterocycles. The van der Waals surface area contributed by atoms with Gasteiger partial charge in [-0.25, -0.2) is 0 Å². The molecule has 0 aliphatic carbocycles. The summed E-state index contributed by atoms with van der Waals surface area (Å²) in [7, 11) is 0. The minimum atomic E-state index is -4.51. The number of aliphatic hydroxyl groups excluding tert-OH is 1. The number of phenols is 1. The quantitative estimate of drug-likeness (QED) is 0.765. The van der Waals surface area contributed by atoms with Gasteiger partial charge in [0.25, 0.3) is 0 Å². The van der Waals surface area contributed by atoms with Crippen LogP contribution in [0.15, 0.2) is 48.5 Å². The number of aromatic hydroxyl groups is 1. The van der Waals surface area contributed by atoms with E-state index in [0.29, 0.717) is 18.2 Å². The maximum atomic E-state index is 12.8. The highest BCUT2D eigenvalue weighted by Gasteiger charge is 2.31. The van der Waals surface area contributed by atoms with Crippen LogP contribution in [0.4, 0.5) is 13.2 Å². The normalized spacial score (nSPS) is 13.0. The molecular weight excluding hydrogens is 307 g/mol. The standard InChI is InChI=1S/C17H18F3NO2/c18-17(19,20)14-6-13(8-16(23)9-14)7-15(11-22)21-10-12-4-2-1-3-5-12/h1-6,8-9,15,21-23H,7,10-11H2. The fourth-order valence-electron chi connectivity index (χ4n) is 2.30.